The molecule has 0 radical (unpaired) electrons. The molecular formula is C9H19NO3. The van der Waals surface area contributed by atoms with Crippen LogP contribution in [0.4, 0.5) is 0 Å². The van der Waals surface area contributed by atoms with E-state index in [1.54, 1.807) is 0 Å². The Labute approximate surface area is 79.4 Å². The Hall–Kier alpha value is -0.610. The summed E-state index contributed by atoms with van der Waals surface area (Å²) in [6.07, 6.45) is -0.0611. The number of esters is 1. The number of nitrogens with two attached hydrogens (primary N) is 1. The highest BCUT2D eigenvalue weighted by molar-refractivity contribution is 5.70. The first kappa shape index (κ1) is 12.4. The molecule has 0 saturated heterocycles. The van der Waals surface area contributed by atoms with Crippen molar-refractivity contribution in [3.8, 4) is 0 Å². The first-order chi connectivity index (χ1) is 6.07. The van der Waals surface area contributed by atoms with Gasteiger partial charge in [0.1, 0.15) is 12.7 Å². The molecule has 13 heavy (non-hydrogen) atoms. The minimum atomic E-state index is -0.324. The van der Waals surface area contributed by atoms with Crippen molar-refractivity contribution in [1.29, 1.82) is 0 Å². The lowest BCUT2D eigenvalue weighted by Crippen LogP contribution is -2.24. The van der Waals surface area contributed by atoms with Crippen molar-refractivity contribution in [2.45, 2.75) is 26.9 Å². The van der Waals surface area contributed by atoms with Gasteiger partial charge in [-0.1, -0.05) is 13.8 Å². The van der Waals surface area contributed by atoms with Gasteiger partial charge in [0.05, 0.1) is 6.61 Å². The Kier molecular flexibility index (Phi) is 6.54. The Bertz CT molecular complexity index is 148. The van der Waals surface area contributed by atoms with Crippen LogP contribution in [0.15, 0.2) is 0 Å². The zero-order valence-electron chi connectivity index (χ0n) is 8.58. The fourth-order valence-electron chi connectivity index (χ4n) is 0.616. The maximum Gasteiger partial charge on any atom is 0.332 e. The van der Waals surface area contributed by atoms with Gasteiger partial charge in [0.2, 0.25) is 0 Å². The summed E-state index contributed by atoms with van der Waals surface area (Å²) in [6, 6.07) is 0. The van der Waals surface area contributed by atoms with Crippen LogP contribution in [0, 0.1) is 5.92 Å². The second-order valence-corrected chi connectivity index (χ2v) is 3.28. The summed E-state index contributed by atoms with van der Waals surface area (Å²) in [4.78, 5) is 11.0. The van der Waals surface area contributed by atoms with E-state index < -0.39 is 0 Å². The van der Waals surface area contributed by atoms with E-state index in [4.69, 9.17) is 15.2 Å². The largest absolute Gasteiger partial charge is 0.461 e. The quantitative estimate of drug-likeness (QED) is 0.489. The van der Waals surface area contributed by atoms with Gasteiger partial charge >= 0.3 is 5.97 Å². The minimum Gasteiger partial charge on any atom is -0.461 e. The zero-order valence-corrected chi connectivity index (χ0v) is 8.58. The maximum absolute atomic E-state index is 11.0. The second kappa shape index (κ2) is 6.86. The van der Waals surface area contributed by atoms with Crippen LogP contribution in [-0.4, -0.2) is 31.8 Å². The number of rotatable bonds is 6. The van der Waals surface area contributed by atoms with Crippen LogP contribution < -0.4 is 5.73 Å². The third-order valence-corrected chi connectivity index (χ3v) is 1.74. The van der Waals surface area contributed by atoms with Crippen LogP contribution in [0.1, 0.15) is 20.8 Å². The van der Waals surface area contributed by atoms with Crippen molar-refractivity contribution in [2.24, 2.45) is 11.7 Å². The van der Waals surface area contributed by atoms with Crippen LogP contribution in [0.25, 0.3) is 0 Å². The monoisotopic (exact) mass is 189 g/mol. The Balaban J connectivity index is 3.50. The van der Waals surface area contributed by atoms with Crippen LogP contribution in [0.2, 0.25) is 0 Å². The van der Waals surface area contributed by atoms with E-state index in [0.717, 1.165) is 0 Å². The van der Waals surface area contributed by atoms with Crippen LogP contribution in [-0.2, 0) is 14.3 Å². The zero-order chi connectivity index (χ0) is 10.3. The molecular weight excluding hydrogens is 170 g/mol. The summed E-state index contributed by atoms with van der Waals surface area (Å²) in [5, 5.41) is 0. The molecule has 0 rings (SSSR count). The number of hydrogen-bond donors (Lipinski definition) is 1. The third-order valence-electron chi connectivity index (χ3n) is 1.74. The van der Waals surface area contributed by atoms with E-state index >= 15 is 0 Å². The normalized spacial score (nSPS) is 13.0. The molecule has 0 aliphatic rings. The summed E-state index contributed by atoms with van der Waals surface area (Å²) in [7, 11) is 0. The van der Waals surface area contributed by atoms with Gasteiger partial charge in [-0.05, 0) is 12.8 Å². The summed E-state index contributed by atoms with van der Waals surface area (Å²) in [5.41, 5.74) is 5.19. The van der Waals surface area contributed by atoms with Crippen molar-refractivity contribution >= 4 is 5.97 Å². The van der Waals surface area contributed by atoms with Crippen molar-refractivity contribution in [2.75, 3.05) is 19.8 Å². The van der Waals surface area contributed by atoms with Gasteiger partial charge in [0, 0.05) is 6.54 Å². The SMILES string of the molecule is CC(C)C(C)OC(=O)COCCN. The predicted octanol–water partition coefficient (Wildman–Crippen LogP) is 0.549. The molecule has 4 nitrogen and oxygen atoms in total. The fourth-order valence-corrected chi connectivity index (χ4v) is 0.616. The van der Waals surface area contributed by atoms with Crippen molar-refractivity contribution in [1.82, 2.24) is 0 Å². The van der Waals surface area contributed by atoms with E-state index in [2.05, 4.69) is 0 Å². The van der Waals surface area contributed by atoms with Gasteiger partial charge in [-0.2, -0.15) is 0 Å². The number of carbonyl (C=O) groups is 1. The molecule has 0 aromatic carbocycles. The average molecular weight is 189 g/mol. The van der Waals surface area contributed by atoms with Crippen molar-refractivity contribution in [3.05, 3.63) is 0 Å². The van der Waals surface area contributed by atoms with Crippen molar-refractivity contribution in [3.63, 3.8) is 0 Å². The second-order valence-electron chi connectivity index (χ2n) is 3.28. The summed E-state index contributed by atoms with van der Waals surface area (Å²) in [5.74, 6) is 0.00751. The van der Waals surface area contributed by atoms with Gasteiger partial charge in [0.15, 0.2) is 0 Å². The highest BCUT2D eigenvalue weighted by Gasteiger charge is 2.12. The maximum atomic E-state index is 11.0. The molecule has 1 unspecified atom stereocenters. The lowest BCUT2D eigenvalue weighted by molar-refractivity contribution is -0.155. The van der Waals surface area contributed by atoms with Gasteiger partial charge < -0.3 is 15.2 Å². The van der Waals surface area contributed by atoms with Gasteiger partial charge in [-0.3, -0.25) is 0 Å². The van der Waals surface area contributed by atoms with Gasteiger partial charge in [-0.25, -0.2) is 4.79 Å². The summed E-state index contributed by atoms with van der Waals surface area (Å²) < 4.78 is 9.98. The molecule has 1 atom stereocenters. The highest BCUT2D eigenvalue weighted by Crippen LogP contribution is 2.05. The lowest BCUT2D eigenvalue weighted by atomic mass is 10.1. The molecule has 0 aromatic heterocycles. The molecule has 0 fully saturated rings. The predicted molar refractivity (Wildman–Crippen MR) is 50.3 cm³/mol. The molecule has 0 saturated carbocycles. The number of ether oxygens (including phenoxy) is 2. The molecule has 0 aliphatic heterocycles. The van der Waals surface area contributed by atoms with Gasteiger partial charge in [0.25, 0.3) is 0 Å². The Morgan fingerprint density at radius 1 is 1.38 bits per heavy atom. The molecule has 0 heterocycles. The Morgan fingerprint density at radius 3 is 2.46 bits per heavy atom. The topological polar surface area (TPSA) is 61.5 Å². The number of carbonyl (C=O) groups excluding carboxylic acids is 1. The molecule has 4 heteroatoms. The van der Waals surface area contributed by atoms with E-state index in [1.165, 1.54) is 0 Å². The highest BCUT2D eigenvalue weighted by atomic mass is 16.6. The van der Waals surface area contributed by atoms with E-state index in [-0.39, 0.29) is 18.7 Å². The smallest absolute Gasteiger partial charge is 0.332 e. The lowest BCUT2D eigenvalue weighted by Gasteiger charge is -2.16. The van der Waals surface area contributed by atoms with Crippen LogP contribution >= 0.6 is 0 Å². The Morgan fingerprint density at radius 2 is 2.00 bits per heavy atom. The van der Waals surface area contributed by atoms with E-state index in [0.29, 0.717) is 19.1 Å². The average Bonchev–Trinajstić information content (AvgIpc) is 2.04. The minimum absolute atomic E-state index is 0.00569. The molecule has 0 aliphatic carbocycles. The standard InChI is InChI=1S/C9H19NO3/c1-7(2)8(3)13-9(11)6-12-5-4-10/h7-8H,4-6,10H2,1-3H3. The summed E-state index contributed by atoms with van der Waals surface area (Å²) in [6.45, 7) is 6.68. The molecule has 0 amide bonds. The molecule has 0 bridgehead atoms. The van der Waals surface area contributed by atoms with Crippen molar-refractivity contribution < 1.29 is 14.3 Å². The molecule has 2 N–H and O–H groups in total. The number of hydrogen-bond acceptors (Lipinski definition) is 4. The molecule has 0 spiro atoms. The fraction of sp³-hybridized carbons (Fsp3) is 0.889. The van der Waals surface area contributed by atoms with E-state index in [1.807, 2.05) is 20.8 Å². The third kappa shape index (κ3) is 6.54. The van der Waals surface area contributed by atoms with Gasteiger partial charge in [-0.15, -0.1) is 0 Å². The molecule has 78 valence electrons. The molecule has 0 aromatic rings. The first-order valence-electron chi connectivity index (χ1n) is 4.55. The van der Waals surface area contributed by atoms with Crippen LogP contribution in [0.5, 0.6) is 0 Å². The van der Waals surface area contributed by atoms with Crippen LogP contribution in [0.3, 0.4) is 0 Å². The van der Waals surface area contributed by atoms with E-state index in [9.17, 15) is 4.79 Å². The summed E-state index contributed by atoms with van der Waals surface area (Å²) >= 11 is 0. The first-order valence-corrected chi connectivity index (χ1v) is 4.55.